The van der Waals surface area contributed by atoms with Crippen LogP contribution in [0.1, 0.15) is 68.6 Å². The molecule has 45 heavy (non-hydrogen) atoms. The molecule has 2 amide bonds. The van der Waals surface area contributed by atoms with Gasteiger partial charge in [-0.2, -0.15) is 0 Å². The van der Waals surface area contributed by atoms with Crippen molar-refractivity contribution in [3.63, 3.8) is 0 Å². The van der Waals surface area contributed by atoms with Crippen molar-refractivity contribution in [1.29, 1.82) is 0 Å². The highest BCUT2D eigenvalue weighted by Crippen LogP contribution is 2.51. The van der Waals surface area contributed by atoms with Gasteiger partial charge in [-0.15, -0.1) is 0 Å². The molecule has 13 heteroatoms. The van der Waals surface area contributed by atoms with E-state index in [4.69, 9.17) is 14.2 Å². The minimum Gasteiger partial charge on any atom is -0.444 e. The summed E-state index contributed by atoms with van der Waals surface area (Å²) >= 11 is 0. The molecule has 238 valence electrons. The number of amides is 2. The Hall–Kier alpha value is -4.39. The lowest BCUT2D eigenvalue weighted by Crippen LogP contribution is -2.63. The molecule has 5 rings (SSSR count). The summed E-state index contributed by atoms with van der Waals surface area (Å²) in [7, 11) is -2.94. The van der Waals surface area contributed by atoms with Crippen molar-refractivity contribution in [3.05, 3.63) is 81.9 Å². The predicted octanol–water partition coefficient (Wildman–Crippen LogP) is 6.54. The minimum atomic E-state index is -2.94. The molecular formula is C32H32F4N2O6Si. The maximum absolute atomic E-state index is 15.8. The number of nitrogens with one attached hydrogen (secondary N) is 2. The van der Waals surface area contributed by atoms with Gasteiger partial charge in [0.1, 0.15) is 24.8 Å². The molecule has 0 radical (unpaired) electrons. The number of carbonyl (C=O) groups is 3. The molecule has 0 unspecified atom stereocenters. The predicted molar refractivity (Wildman–Crippen MR) is 161 cm³/mol. The number of benzene rings is 3. The summed E-state index contributed by atoms with van der Waals surface area (Å²) in [6.07, 6.45) is -1.50. The Labute approximate surface area is 258 Å². The SMILES string of the molecule is CC(C)(C)OC(=O)Nc1ccc2c(c1)[Si](C)(C)c1cc(NC(=O)OC(C)(C)C)ccc1C21OC(=O)c2c(F)c(F)c(F)c(F)c21. The van der Waals surface area contributed by atoms with Gasteiger partial charge < -0.3 is 14.2 Å². The number of hydrogen-bond acceptors (Lipinski definition) is 6. The summed E-state index contributed by atoms with van der Waals surface area (Å²) in [5, 5.41) is 6.31. The van der Waals surface area contributed by atoms with E-state index >= 15 is 8.78 Å². The average Bonchev–Trinajstić information content (AvgIpc) is 3.21. The van der Waals surface area contributed by atoms with E-state index in [1.165, 1.54) is 24.3 Å². The van der Waals surface area contributed by atoms with Crippen LogP contribution in [0.3, 0.4) is 0 Å². The van der Waals surface area contributed by atoms with Gasteiger partial charge in [0.05, 0.1) is 5.56 Å². The number of rotatable bonds is 2. The number of fused-ring (bicyclic) bond motifs is 6. The molecule has 0 bridgehead atoms. The van der Waals surface area contributed by atoms with Gasteiger partial charge in [0.2, 0.25) is 0 Å². The summed E-state index contributed by atoms with van der Waals surface area (Å²) in [4.78, 5) is 38.4. The zero-order valence-corrected chi connectivity index (χ0v) is 26.9. The lowest BCUT2D eigenvalue weighted by atomic mass is 9.78. The lowest BCUT2D eigenvalue weighted by molar-refractivity contribution is 0.0246. The standard InChI is InChI=1S/C32H32F4N2O6Si/c1-30(2,3)43-28(40)37-15-9-11-17-19(13-15)45(7,8)20-14-16(38-29(41)44-31(4,5)6)10-12-18(20)32(17)22-21(27(39)42-32)23(33)25(35)26(36)24(22)34/h9-14H,1-8H3,(H,37,40)(H,38,41). The van der Waals surface area contributed by atoms with E-state index in [1.807, 2.05) is 13.1 Å². The number of halogens is 4. The second-order valence-corrected chi connectivity index (χ2v) is 17.8. The Kier molecular flexibility index (Phi) is 7.35. The second-order valence-electron chi connectivity index (χ2n) is 13.5. The molecule has 3 aromatic rings. The van der Waals surface area contributed by atoms with Crippen molar-refractivity contribution in [1.82, 2.24) is 0 Å². The Bertz CT molecular complexity index is 1710. The van der Waals surface area contributed by atoms with E-state index < -0.39 is 77.4 Å². The van der Waals surface area contributed by atoms with Gasteiger partial charge >= 0.3 is 18.2 Å². The van der Waals surface area contributed by atoms with Crippen LogP contribution in [0, 0.1) is 23.3 Å². The fourth-order valence-corrected chi connectivity index (χ4v) is 8.99. The Morgan fingerprint density at radius 1 is 0.733 bits per heavy atom. The minimum absolute atomic E-state index is 0.186. The number of esters is 1. The van der Waals surface area contributed by atoms with Gasteiger partial charge in [-0.3, -0.25) is 10.6 Å². The molecule has 2 aliphatic rings. The first-order valence-corrected chi connectivity index (χ1v) is 17.1. The van der Waals surface area contributed by atoms with Crippen molar-refractivity contribution >= 4 is 48.0 Å². The number of ether oxygens (including phenoxy) is 3. The first-order valence-electron chi connectivity index (χ1n) is 14.1. The number of hydrogen-bond donors (Lipinski definition) is 2. The molecule has 8 nitrogen and oxygen atoms in total. The van der Waals surface area contributed by atoms with Crippen LogP contribution in [0.4, 0.5) is 38.5 Å². The highest BCUT2D eigenvalue weighted by Gasteiger charge is 2.59. The van der Waals surface area contributed by atoms with Crippen molar-refractivity contribution in [2.75, 3.05) is 10.6 Å². The van der Waals surface area contributed by atoms with E-state index in [9.17, 15) is 23.2 Å². The molecule has 0 saturated carbocycles. The fourth-order valence-electron chi connectivity index (χ4n) is 5.80. The Morgan fingerprint density at radius 2 is 1.16 bits per heavy atom. The molecule has 2 N–H and O–H groups in total. The van der Waals surface area contributed by atoms with E-state index in [2.05, 4.69) is 10.6 Å². The maximum atomic E-state index is 15.8. The smallest absolute Gasteiger partial charge is 0.412 e. The fraction of sp³-hybridized carbons (Fsp3) is 0.344. The third kappa shape index (κ3) is 5.32. The molecule has 0 aliphatic carbocycles. The second kappa shape index (κ2) is 10.3. The maximum Gasteiger partial charge on any atom is 0.412 e. The molecule has 3 aromatic carbocycles. The number of anilines is 2. The Balaban J connectivity index is 1.77. The molecule has 2 aliphatic heterocycles. The lowest BCUT2D eigenvalue weighted by Gasteiger charge is -2.44. The normalized spacial score (nSPS) is 15.9. The van der Waals surface area contributed by atoms with Gasteiger partial charge in [-0.1, -0.05) is 25.2 Å². The molecular weight excluding hydrogens is 612 g/mol. The summed E-state index contributed by atoms with van der Waals surface area (Å²) < 4.78 is 76.6. The third-order valence-corrected chi connectivity index (χ3v) is 11.0. The van der Waals surface area contributed by atoms with Gasteiger partial charge in [-0.05, 0) is 76.2 Å². The molecule has 2 heterocycles. The summed E-state index contributed by atoms with van der Waals surface area (Å²) in [6, 6.07) is 9.05. The number of carbonyl (C=O) groups excluding carboxylic acids is 3. The molecule has 1 spiro atoms. The summed E-state index contributed by atoms with van der Waals surface area (Å²) in [5.41, 5.74) is -4.75. The van der Waals surface area contributed by atoms with Crippen LogP contribution in [-0.2, 0) is 19.8 Å². The first kappa shape index (κ1) is 32.0. The van der Waals surface area contributed by atoms with E-state index in [0.717, 1.165) is 0 Å². The monoisotopic (exact) mass is 644 g/mol. The Morgan fingerprint density at radius 3 is 1.58 bits per heavy atom. The van der Waals surface area contributed by atoms with E-state index in [0.29, 0.717) is 10.4 Å². The van der Waals surface area contributed by atoms with Crippen LogP contribution in [0.25, 0.3) is 0 Å². The van der Waals surface area contributed by atoms with Crippen LogP contribution in [0.2, 0.25) is 13.1 Å². The zero-order chi connectivity index (χ0) is 33.4. The van der Waals surface area contributed by atoms with Crippen molar-refractivity contribution in [2.24, 2.45) is 0 Å². The zero-order valence-electron chi connectivity index (χ0n) is 25.9. The molecule has 0 fully saturated rings. The van der Waals surface area contributed by atoms with Crippen molar-refractivity contribution in [2.45, 2.75) is 71.4 Å². The van der Waals surface area contributed by atoms with E-state index in [-0.39, 0.29) is 22.5 Å². The third-order valence-electron chi connectivity index (χ3n) is 7.50. The van der Waals surface area contributed by atoms with Crippen molar-refractivity contribution in [3.8, 4) is 0 Å². The van der Waals surface area contributed by atoms with Crippen LogP contribution >= 0.6 is 0 Å². The van der Waals surface area contributed by atoms with Crippen molar-refractivity contribution < 1.29 is 46.2 Å². The molecule has 0 atom stereocenters. The quantitative estimate of drug-likeness (QED) is 0.0821. The highest BCUT2D eigenvalue weighted by atomic mass is 28.3. The van der Waals surface area contributed by atoms with Crippen LogP contribution in [0.15, 0.2) is 36.4 Å². The van der Waals surface area contributed by atoms with Gasteiger partial charge in [0.15, 0.2) is 28.9 Å². The highest BCUT2D eigenvalue weighted by molar-refractivity contribution is 7.01. The van der Waals surface area contributed by atoms with Crippen LogP contribution in [0.5, 0.6) is 0 Å². The van der Waals surface area contributed by atoms with Crippen LogP contribution < -0.4 is 21.0 Å². The molecule has 0 aromatic heterocycles. The average molecular weight is 645 g/mol. The van der Waals surface area contributed by atoms with E-state index in [1.54, 1.807) is 53.7 Å². The largest absolute Gasteiger partial charge is 0.444 e. The first-order chi connectivity index (χ1) is 20.7. The van der Waals surface area contributed by atoms with Gasteiger partial charge in [-0.25, -0.2) is 31.9 Å². The van der Waals surface area contributed by atoms with Gasteiger partial charge in [0, 0.05) is 22.5 Å². The summed E-state index contributed by atoms with van der Waals surface area (Å²) in [5.74, 6) is -9.27. The topological polar surface area (TPSA) is 103 Å². The summed E-state index contributed by atoms with van der Waals surface area (Å²) in [6.45, 7) is 14.0. The van der Waals surface area contributed by atoms with Gasteiger partial charge in [0.25, 0.3) is 0 Å². The molecule has 0 saturated heterocycles. The van der Waals surface area contributed by atoms with Crippen LogP contribution in [-0.4, -0.2) is 37.4 Å².